The molecule has 0 spiro atoms. The van der Waals surface area contributed by atoms with Gasteiger partial charge in [-0.2, -0.15) is 0 Å². The van der Waals surface area contributed by atoms with Gasteiger partial charge in [0.2, 0.25) is 23.6 Å². The average Bonchev–Trinajstić information content (AvgIpc) is 2.87. The molecule has 0 aliphatic carbocycles. The number of aliphatic hydroxyl groups is 2. The minimum atomic E-state index is -1.75. The van der Waals surface area contributed by atoms with Gasteiger partial charge in [0.05, 0.1) is 25.2 Å². The third-order valence-corrected chi connectivity index (χ3v) is 5.76. The van der Waals surface area contributed by atoms with E-state index < -0.39 is 90.8 Å². The lowest BCUT2D eigenvalue weighted by Crippen LogP contribution is -2.61. The van der Waals surface area contributed by atoms with E-state index in [4.69, 9.17) is 10.8 Å². The SMILES string of the molecule is CC(C)[C@H](NC(=O)[C@H](CC(=O)O)NC(=O)[C@H](CO)NC(=O)[C@@H](NC(=O)[C@@H](N)Cc1ccccc1)[C@@H](C)O)C(=O)O. The third-order valence-electron chi connectivity index (χ3n) is 5.76. The number of carbonyl (C=O) groups excluding carboxylic acids is 4. The lowest BCUT2D eigenvalue weighted by atomic mass is 10.0. The molecule has 222 valence electrons. The highest BCUT2D eigenvalue weighted by molar-refractivity contribution is 5.96. The Labute approximate surface area is 230 Å². The van der Waals surface area contributed by atoms with Crippen LogP contribution in [0.5, 0.6) is 0 Å². The molecule has 15 nitrogen and oxygen atoms in total. The largest absolute Gasteiger partial charge is 0.481 e. The number of carboxylic acid groups (broad SMARTS) is 2. The second kappa shape index (κ2) is 16.1. The van der Waals surface area contributed by atoms with E-state index in [0.717, 1.165) is 5.56 Å². The molecule has 40 heavy (non-hydrogen) atoms. The average molecular weight is 568 g/mol. The van der Waals surface area contributed by atoms with Crippen LogP contribution >= 0.6 is 0 Å². The van der Waals surface area contributed by atoms with Crippen molar-refractivity contribution >= 4 is 35.6 Å². The molecule has 1 rings (SSSR count). The van der Waals surface area contributed by atoms with Crippen molar-refractivity contribution in [3.8, 4) is 0 Å². The van der Waals surface area contributed by atoms with Crippen LogP contribution in [0.2, 0.25) is 0 Å². The third kappa shape index (κ3) is 11.0. The lowest BCUT2D eigenvalue weighted by molar-refractivity contribution is -0.144. The zero-order valence-corrected chi connectivity index (χ0v) is 22.4. The first-order chi connectivity index (χ1) is 18.7. The van der Waals surface area contributed by atoms with E-state index in [-0.39, 0.29) is 6.42 Å². The Morgan fingerprint density at radius 1 is 0.775 bits per heavy atom. The molecule has 0 aliphatic heterocycles. The Morgan fingerprint density at radius 2 is 1.30 bits per heavy atom. The number of aliphatic hydroxyl groups excluding tert-OH is 2. The monoisotopic (exact) mass is 567 g/mol. The van der Waals surface area contributed by atoms with Crippen LogP contribution in [0, 0.1) is 5.92 Å². The van der Waals surface area contributed by atoms with Gasteiger partial charge in [0.1, 0.15) is 24.2 Å². The van der Waals surface area contributed by atoms with Crippen molar-refractivity contribution in [2.45, 2.75) is 69.9 Å². The van der Waals surface area contributed by atoms with E-state index in [1.165, 1.54) is 20.8 Å². The van der Waals surface area contributed by atoms with Crippen molar-refractivity contribution < 1.29 is 49.2 Å². The van der Waals surface area contributed by atoms with Gasteiger partial charge in [-0.05, 0) is 24.8 Å². The van der Waals surface area contributed by atoms with E-state index in [1.807, 2.05) is 0 Å². The number of benzene rings is 1. The zero-order valence-electron chi connectivity index (χ0n) is 22.4. The summed E-state index contributed by atoms with van der Waals surface area (Å²) in [5, 5.41) is 46.8. The predicted molar refractivity (Wildman–Crippen MR) is 139 cm³/mol. The Morgan fingerprint density at radius 3 is 1.77 bits per heavy atom. The van der Waals surface area contributed by atoms with Crippen molar-refractivity contribution in [2.24, 2.45) is 11.7 Å². The zero-order chi connectivity index (χ0) is 30.6. The molecule has 0 unspecified atom stereocenters. The summed E-state index contributed by atoms with van der Waals surface area (Å²) >= 11 is 0. The molecule has 0 radical (unpaired) electrons. The van der Waals surface area contributed by atoms with Crippen LogP contribution in [0.4, 0.5) is 0 Å². The van der Waals surface area contributed by atoms with Crippen molar-refractivity contribution in [1.82, 2.24) is 21.3 Å². The molecule has 0 saturated carbocycles. The molecule has 0 aromatic heterocycles. The van der Waals surface area contributed by atoms with Crippen LogP contribution in [0.1, 0.15) is 32.8 Å². The second-order valence-corrected chi connectivity index (χ2v) is 9.49. The molecule has 6 atom stereocenters. The Balaban J connectivity index is 2.93. The summed E-state index contributed by atoms with van der Waals surface area (Å²) in [5.41, 5.74) is 6.67. The first-order valence-electron chi connectivity index (χ1n) is 12.4. The lowest BCUT2D eigenvalue weighted by Gasteiger charge is -2.26. The van der Waals surface area contributed by atoms with Gasteiger partial charge in [-0.25, -0.2) is 4.79 Å². The molecule has 0 aliphatic rings. The number of carbonyl (C=O) groups is 6. The number of amides is 4. The highest BCUT2D eigenvalue weighted by atomic mass is 16.4. The second-order valence-electron chi connectivity index (χ2n) is 9.49. The van der Waals surface area contributed by atoms with Crippen LogP contribution in [0.3, 0.4) is 0 Å². The fourth-order valence-electron chi connectivity index (χ4n) is 3.51. The summed E-state index contributed by atoms with van der Waals surface area (Å²) in [6, 6.07) is 1.27. The summed E-state index contributed by atoms with van der Waals surface area (Å²) in [7, 11) is 0. The van der Waals surface area contributed by atoms with E-state index in [1.54, 1.807) is 30.3 Å². The highest BCUT2D eigenvalue weighted by Crippen LogP contribution is 2.05. The van der Waals surface area contributed by atoms with Crippen LogP contribution in [0.25, 0.3) is 0 Å². The summed E-state index contributed by atoms with van der Waals surface area (Å²) in [5.74, 6) is -7.57. The Bertz CT molecular complexity index is 1050. The Hall–Kier alpha value is -4.08. The molecule has 0 bridgehead atoms. The maximum Gasteiger partial charge on any atom is 0.326 e. The number of hydrogen-bond acceptors (Lipinski definition) is 9. The maximum absolute atomic E-state index is 12.8. The van der Waals surface area contributed by atoms with Crippen LogP contribution in [0.15, 0.2) is 30.3 Å². The number of nitrogens with one attached hydrogen (secondary N) is 4. The molecule has 4 amide bonds. The summed E-state index contributed by atoms with van der Waals surface area (Å²) in [6.45, 7) is 3.21. The highest BCUT2D eigenvalue weighted by Gasteiger charge is 2.34. The molecule has 15 heteroatoms. The quantitative estimate of drug-likeness (QED) is 0.0977. The summed E-state index contributed by atoms with van der Waals surface area (Å²) < 4.78 is 0. The van der Waals surface area contributed by atoms with Crippen molar-refractivity contribution in [3.05, 3.63) is 35.9 Å². The molecule has 1 aromatic rings. The molecule has 0 fully saturated rings. The van der Waals surface area contributed by atoms with Crippen molar-refractivity contribution in [2.75, 3.05) is 6.61 Å². The van der Waals surface area contributed by atoms with Gasteiger partial charge < -0.3 is 47.4 Å². The number of aliphatic carboxylic acids is 2. The molecule has 1 aromatic carbocycles. The van der Waals surface area contributed by atoms with Gasteiger partial charge >= 0.3 is 11.9 Å². The molecular formula is C25H37N5O10. The van der Waals surface area contributed by atoms with Gasteiger partial charge in [-0.15, -0.1) is 0 Å². The maximum atomic E-state index is 12.8. The summed E-state index contributed by atoms with van der Waals surface area (Å²) in [4.78, 5) is 73.4. The Kier molecular flexibility index (Phi) is 13.7. The van der Waals surface area contributed by atoms with E-state index in [9.17, 15) is 44.1 Å². The van der Waals surface area contributed by atoms with E-state index in [2.05, 4.69) is 21.3 Å². The molecular weight excluding hydrogens is 530 g/mol. The molecule has 10 N–H and O–H groups in total. The first-order valence-corrected chi connectivity index (χ1v) is 12.4. The standard InChI is InChI=1S/C25H37N5O10/c1-12(2)19(25(39)40)29-22(36)16(10-18(33)34)27-23(37)17(11-31)28-24(38)20(13(3)32)30-21(35)15(26)9-14-7-5-4-6-8-14/h4-8,12-13,15-17,19-20,31-32H,9-11,26H2,1-3H3,(H,27,37)(H,28,38)(H,29,36)(H,30,35)(H,33,34)(H,39,40)/t13-,15+,16+,17+,19+,20+/m1/s1. The number of carboxylic acids is 2. The van der Waals surface area contributed by atoms with Crippen molar-refractivity contribution in [3.63, 3.8) is 0 Å². The van der Waals surface area contributed by atoms with Crippen LogP contribution in [-0.4, -0.2) is 98.9 Å². The van der Waals surface area contributed by atoms with Gasteiger partial charge in [-0.1, -0.05) is 44.2 Å². The van der Waals surface area contributed by atoms with Gasteiger partial charge in [0.15, 0.2) is 0 Å². The normalized spacial score (nSPS) is 15.5. The van der Waals surface area contributed by atoms with Crippen LogP contribution in [-0.2, 0) is 35.2 Å². The van der Waals surface area contributed by atoms with E-state index >= 15 is 0 Å². The molecule has 0 heterocycles. The molecule has 0 saturated heterocycles. The topological polar surface area (TPSA) is 257 Å². The van der Waals surface area contributed by atoms with Gasteiger partial charge in [0, 0.05) is 0 Å². The smallest absolute Gasteiger partial charge is 0.326 e. The fourth-order valence-corrected chi connectivity index (χ4v) is 3.51. The minimum Gasteiger partial charge on any atom is -0.481 e. The number of hydrogen-bond donors (Lipinski definition) is 9. The first kappa shape index (κ1) is 33.9. The minimum absolute atomic E-state index is 0.134. The van der Waals surface area contributed by atoms with Crippen LogP contribution < -0.4 is 27.0 Å². The van der Waals surface area contributed by atoms with Crippen molar-refractivity contribution in [1.29, 1.82) is 0 Å². The predicted octanol–water partition coefficient (Wildman–Crippen LogP) is -2.92. The summed E-state index contributed by atoms with van der Waals surface area (Å²) in [6.07, 6.45) is -2.25. The van der Waals surface area contributed by atoms with Gasteiger partial charge in [-0.3, -0.25) is 24.0 Å². The van der Waals surface area contributed by atoms with Gasteiger partial charge in [0.25, 0.3) is 0 Å². The number of nitrogens with two attached hydrogens (primary N) is 1. The number of rotatable bonds is 16. The van der Waals surface area contributed by atoms with E-state index in [0.29, 0.717) is 0 Å². The fraction of sp³-hybridized carbons (Fsp3) is 0.520.